The molecule has 3 rings (SSSR count). The third-order valence-electron chi connectivity index (χ3n) is 4.37. The van der Waals surface area contributed by atoms with Crippen LogP contribution in [0.3, 0.4) is 0 Å². The van der Waals surface area contributed by atoms with E-state index in [1.165, 1.54) is 0 Å². The molecule has 0 saturated carbocycles. The zero-order valence-electron chi connectivity index (χ0n) is 13.9. The number of piperazine rings is 1. The summed E-state index contributed by atoms with van der Waals surface area (Å²) in [5, 5.41) is 2.99. The molecule has 1 aliphatic rings. The summed E-state index contributed by atoms with van der Waals surface area (Å²) >= 11 is 0. The van der Waals surface area contributed by atoms with Crippen LogP contribution in [0.2, 0.25) is 0 Å². The highest BCUT2D eigenvalue weighted by atomic mass is 16.1. The Morgan fingerprint density at radius 3 is 2.54 bits per heavy atom. The van der Waals surface area contributed by atoms with Crippen molar-refractivity contribution in [1.29, 1.82) is 0 Å². The number of hydrogen-bond acceptors (Lipinski definition) is 5. The number of anilines is 3. The lowest BCUT2D eigenvalue weighted by atomic mass is 10.1. The molecule has 0 radical (unpaired) electrons. The quantitative estimate of drug-likeness (QED) is 0.842. The van der Waals surface area contributed by atoms with Gasteiger partial charge >= 0.3 is 0 Å². The highest BCUT2D eigenvalue weighted by molar-refractivity contribution is 6.06. The van der Waals surface area contributed by atoms with Crippen LogP contribution in [-0.2, 0) is 0 Å². The van der Waals surface area contributed by atoms with Crippen molar-refractivity contribution in [3.05, 3.63) is 48.3 Å². The van der Waals surface area contributed by atoms with Crippen LogP contribution in [0, 0.1) is 0 Å². The molecule has 3 N–H and O–H groups in total. The van der Waals surface area contributed by atoms with Crippen LogP contribution in [0.25, 0.3) is 0 Å². The van der Waals surface area contributed by atoms with Crippen molar-refractivity contribution >= 4 is 23.0 Å². The fourth-order valence-corrected chi connectivity index (χ4v) is 2.93. The molecule has 6 heteroatoms. The van der Waals surface area contributed by atoms with Crippen molar-refractivity contribution in [2.24, 2.45) is 0 Å². The first kappa shape index (κ1) is 16.3. The minimum atomic E-state index is -0.156. The monoisotopic (exact) mass is 325 g/mol. The first-order valence-corrected chi connectivity index (χ1v) is 8.25. The average molecular weight is 325 g/mol. The Labute approximate surface area is 142 Å². The molecule has 126 valence electrons. The number of nitrogens with one attached hydrogen (secondary N) is 1. The van der Waals surface area contributed by atoms with E-state index in [-0.39, 0.29) is 5.91 Å². The van der Waals surface area contributed by atoms with Gasteiger partial charge in [0.05, 0.1) is 11.4 Å². The average Bonchev–Trinajstić information content (AvgIpc) is 2.63. The Morgan fingerprint density at radius 1 is 1.17 bits per heavy atom. The number of pyridine rings is 1. The summed E-state index contributed by atoms with van der Waals surface area (Å²) in [5.74, 6) is -0.156. The predicted molar refractivity (Wildman–Crippen MR) is 97.4 cm³/mol. The second-order valence-corrected chi connectivity index (χ2v) is 5.89. The highest BCUT2D eigenvalue weighted by Gasteiger charge is 2.19. The van der Waals surface area contributed by atoms with Crippen molar-refractivity contribution in [1.82, 2.24) is 9.88 Å². The number of rotatable bonds is 4. The third kappa shape index (κ3) is 3.65. The van der Waals surface area contributed by atoms with Crippen LogP contribution in [0.4, 0.5) is 17.1 Å². The minimum Gasteiger partial charge on any atom is -0.399 e. The van der Waals surface area contributed by atoms with Gasteiger partial charge in [-0.25, -0.2) is 0 Å². The zero-order chi connectivity index (χ0) is 16.9. The normalized spacial score (nSPS) is 15.3. The molecule has 0 aliphatic carbocycles. The number of benzene rings is 1. The van der Waals surface area contributed by atoms with E-state index in [4.69, 9.17) is 5.73 Å². The van der Waals surface area contributed by atoms with Crippen molar-refractivity contribution < 1.29 is 4.79 Å². The maximum absolute atomic E-state index is 12.5. The van der Waals surface area contributed by atoms with E-state index in [0.717, 1.165) is 44.1 Å². The standard InChI is InChI=1S/C18H23N5O/c1-2-22-9-11-23(12-10-22)17-4-3-15(19)13-16(17)21-18(24)14-5-7-20-8-6-14/h3-8,13H,2,9-12,19H2,1H3,(H,21,24). The van der Waals surface area contributed by atoms with Gasteiger partial charge in [-0.15, -0.1) is 0 Å². The molecule has 24 heavy (non-hydrogen) atoms. The van der Waals surface area contributed by atoms with Crippen LogP contribution in [0.5, 0.6) is 0 Å². The number of hydrogen-bond donors (Lipinski definition) is 2. The van der Waals surface area contributed by atoms with Gasteiger partial charge in [-0.3, -0.25) is 9.78 Å². The number of aromatic nitrogens is 1. The van der Waals surface area contributed by atoms with Crippen molar-refractivity contribution in [3.8, 4) is 0 Å². The topological polar surface area (TPSA) is 74.5 Å². The first-order chi connectivity index (χ1) is 11.7. The maximum Gasteiger partial charge on any atom is 0.255 e. The Balaban J connectivity index is 1.80. The van der Waals surface area contributed by atoms with Gasteiger partial charge in [-0.05, 0) is 36.9 Å². The van der Waals surface area contributed by atoms with Crippen molar-refractivity contribution in [2.45, 2.75) is 6.92 Å². The molecule has 1 fully saturated rings. The number of carbonyl (C=O) groups is 1. The molecule has 0 spiro atoms. The van der Waals surface area contributed by atoms with Crippen LogP contribution in [0.15, 0.2) is 42.7 Å². The van der Waals surface area contributed by atoms with Gasteiger partial charge in [0.2, 0.25) is 0 Å². The van der Waals surface area contributed by atoms with Gasteiger partial charge in [0, 0.05) is 49.8 Å². The van der Waals surface area contributed by atoms with E-state index >= 15 is 0 Å². The summed E-state index contributed by atoms with van der Waals surface area (Å²) < 4.78 is 0. The Kier molecular flexibility index (Phi) is 4.96. The molecule has 0 unspecified atom stereocenters. The van der Waals surface area contributed by atoms with Crippen LogP contribution >= 0.6 is 0 Å². The molecule has 1 amide bonds. The van der Waals surface area contributed by atoms with Gasteiger partial charge in [0.15, 0.2) is 0 Å². The van der Waals surface area contributed by atoms with E-state index in [9.17, 15) is 4.79 Å². The summed E-state index contributed by atoms with van der Waals surface area (Å²) in [6.45, 7) is 7.18. The lowest BCUT2D eigenvalue weighted by molar-refractivity contribution is 0.102. The molecular formula is C18H23N5O. The minimum absolute atomic E-state index is 0.156. The number of likely N-dealkylation sites (N-methyl/N-ethyl adjacent to an activating group) is 1. The van der Waals surface area contributed by atoms with Gasteiger partial charge in [-0.2, -0.15) is 0 Å². The summed E-state index contributed by atoms with van der Waals surface area (Å²) in [4.78, 5) is 21.1. The molecule has 1 aromatic heterocycles. The lowest BCUT2D eigenvalue weighted by Crippen LogP contribution is -2.46. The zero-order valence-corrected chi connectivity index (χ0v) is 13.9. The van der Waals surface area contributed by atoms with Gasteiger partial charge in [-0.1, -0.05) is 6.92 Å². The fourth-order valence-electron chi connectivity index (χ4n) is 2.93. The molecule has 0 bridgehead atoms. The Morgan fingerprint density at radius 2 is 1.88 bits per heavy atom. The molecular weight excluding hydrogens is 302 g/mol. The molecule has 1 aliphatic heterocycles. The van der Waals surface area contributed by atoms with Crippen LogP contribution in [-0.4, -0.2) is 48.5 Å². The van der Waals surface area contributed by atoms with E-state index in [0.29, 0.717) is 11.3 Å². The van der Waals surface area contributed by atoms with E-state index < -0.39 is 0 Å². The number of amides is 1. The summed E-state index contributed by atoms with van der Waals surface area (Å²) in [6, 6.07) is 9.08. The molecule has 2 aromatic rings. The number of nitrogen functional groups attached to an aromatic ring is 1. The fraction of sp³-hybridized carbons (Fsp3) is 0.333. The largest absolute Gasteiger partial charge is 0.399 e. The third-order valence-corrected chi connectivity index (χ3v) is 4.37. The second kappa shape index (κ2) is 7.31. The first-order valence-electron chi connectivity index (χ1n) is 8.25. The van der Waals surface area contributed by atoms with Crippen molar-refractivity contribution in [2.75, 3.05) is 48.7 Å². The molecule has 0 atom stereocenters. The molecule has 1 saturated heterocycles. The van der Waals surface area contributed by atoms with E-state index in [1.54, 1.807) is 24.5 Å². The number of carbonyl (C=O) groups excluding carboxylic acids is 1. The van der Waals surface area contributed by atoms with Crippen LogP contribution in [0.1, 0.15) is 17.3 Å². The molecule has 1 aromatic carbocycles. The van der Waals surface area contributed by atoms with Crippen molar-refractivity contribution in [3.63, 3.8) is 0 Å². The SMILES string of the molecule is CCN1CCN(c2ccc(N)cc2NC(=O)c2ccncc2)CC1. The van der Waals surface area contributed by atoms with Gasteiger partial charge in [0.25, 0.3) is 5.91 Å². The summed E-state index contributed by atoms with van der Waals surface area (Å²) in [6.07, 6.45) is 3.22. The Hall–Kier alpha value is -2.60. The second-order valence-electron chi connectivity index (χ2n) is 5.89. The van der Waals surface area contributed by atoms with Crippen LogP contribution < -0.4 is 16.0 Å². The maximum atomic E-state index is 12.5. The predicted octanol–water partition coefficient (Wildman–Crippen LogP) is 2.06. The number of nitrogens with two attached hydrogens (primary N) is 1. The summed E-state index contributed by atoms with van der Waals surface area (Å²) in [7, 11) is 0. The summed E-state index contributed by atoms with van der Waals surface area (Å²) in [5.41, 5.74) is 8.91. The lowest BCUT2D eigenvalue weighted by Gasteiger charge is -2.36. The smallest absolute Gasteiger partial charge is 0.255 e. The molecule has 2 heterocycles. The Bertz CT molecular complexity index is 696. The molecule has 6 nitrogen and oxygen atoms in total. The van der Waals surface area contributed by atoms with Gasteiger partial charge in [0.1, 0.15) is 0 Å². The van der Waals surface area contributed by atoms with Gasteiger partial charge < -0.3 is 20.9 Å². The van der Waals surface area contributed by atoms with E-state index in [1.807, 2.05) is 18.2 Å². The number of nitrogens with zero attached hydrogens (tertiary/aromatic N) is 3. The highest BCUT2D eigenvalue weighted by Crippen LogP contribution is 2.29. The van der Waals surface area contributed by atoms with E-state index in [2.05, 4.69) is 27.0 Å².